The zero-order valence-electron chi connectivity index (χ0n) is 7.10. The van der Waals surface area contributed by atoms with Crippen LogP contribution in [-0.2, 0) is 9.53 Å². The van der Waals surface area contributed by atoms with Gasteiger partial charge >= 0.3 is 5.97 Å². The summed E-state index contributed by atoms with van der Waals surface area (Å²) in [6, 6.07) is 5.86. The monoisotopic (exact) mass is 182 g/mol. The highest BCUT2D eigenvalue weighted by Crippen LogP contribution is 2.19. The molecule has 2 N–H and O–H groups in total. The first kappa shape index (κ1) is 9.54. The van der Waals surface area contributed by atoms with Crippen molar-refractivity contribution in [1.29, 1.82) is 0 Å². The van der Waals surface area contributed by atoms with Crippen LogP contribution in [0.15, 0.2) is 24.3 Å². The van der Waals surface area contributed by atoms with Crippen molar-refractivity contribution in [2.75, 3.05) is 7.11 Å². The third-order valence-electron chi connectivity index (χ3n) is 1.66. The summed E-state index contributed by atoms with van der Waals surface area (Å²) in [7, 11) is 1.33. The standard InChI is InChI=1S/C9H10O4/c1-13-8(9(11)12)6-2-4-7(10)5-3-6/h2-5,8,10H,1H3,(H,11,12)/t8-/m0/s1. The van der Waals surface area contributed by atoms with Gasteiger partial charge < -0.3 is 14.9 Å². The first-order valence-corrected chi connectivity index (χ1v) is 3.69. The van der Waals surface area contributed by atoms with Crippen LogP contribution >= 0.6 is 0 Å². The van der Waals surface area contributed by atoms with E-state index in [0.29, 0.717) is 5.56 Å². The summed E-state index contributed by atoms with van der Waals surface area (Å²) in [6.07, 6.45) is -0.972. The van der Waals surface area contributed by atoms with Crippen LogP contribution in [0.4, 0.5) is 0 Å². The summed E-state index contributed by atoms with van der Waals surface area (Å²) in [5.41, 5.74) is 0.507. The molecule has 0 aliphatic carbocycles. The second-order valence-corrected chi connectivity index (χ2v) is 2.55. The van der Waals surface area contributed by atoms with Crippen LogP contribution in [0.5, 0.6) is 5.75 Å². The number of rotatable bonds is 3. The molecule has 0 unspecified atom stereocenters. The van der Waals surface area contributed by atoms with Gasteiger partial charge in [-0.15, -0.1) is 0 Å². The van der Waals surface area contributed by atoms with Crippen molar-refractivity contribution in [2.24, 2.45) is 0 Å². The van der Waals surface area contributed by atoms with Gasteiger partial charge in [-0.05, 0) is 17.7 Å². The topological polar surface area (TPSA) is 66.8 Å². The van der Waals surface area contributed by atoms with Crippen molar-refractivity contribution in [3.05, 3.63) is 29.8 Å². The van der Waals surface area contributed by atoms with E-state index < -0.39 is 12.1 Å². The van der Waals surface area contributed by atoms with Gasteiger partial charge in [0.2, 0.25) is 0 Å². The van der Waals surface area contributed by atoms with Crippen molar-refractivity contribution in [3.8, 4) is 5.75 Å². The molecule has 1 aromatic carbocycles. The fourth-order valence-corrected chi connectivity index (χ4v) is 1.03. The maximum Gasteiger partial charge on any atom is 0.337 e. The molecule has 0 radical (unpaired) electrons. The molecule has 0 aliphatic rings. The molecule has 1 aromatic rings. The summed E-state index contributed by atoms with van der Waals surface area (Å²) in [5.74, 6) is -0.947. The number of aliphatic carboxylic acids is 1. The number of carbonyl (C=O) groups is 1. The molecule has 0 spiro atoms. The number of aromatic hydroxyl groups is 1. The van der Waals surface area contributed by atoms with Crippen LogP contribution in [0.25, 0.3) is 0 Å². The molecular weight excluding hydrogens is 172 g/mol. The number of methoxy groups -OCH3 is 1. The third-order valence-corrected chi connectivity index (χ3v) is 1.66. The quantitative estimate of drug-likeness (QED) is 0.736. The summed E-state index contributed by atoms with van der Waals surface area (Å²) in [5, 5.41) is 17.7. The molecule has 0 aromatic heterocycles. The van der Waals surface area contributed by atoms with E-state index in [2.05, 4.69) is 0 Å². The molecule has 0 aliphatic heterocycles. The van der Waals surface area contributed by atoms with E-state index in [1.54, 1.807) is 0 Å². The van der Waals surface area contributed by atoms with Crippen LogP contribution in [0.3, 0.4) is 0 Å². The van der Waals surface area contributed by atoms with Crippen LogP contribution in [0.2, 0.25) is 0 Å². The number of carboxylic acids is 1. The zero-order valence-corrected chi connectivity index (χ0v) is 7.10. The smallest absolute Gasteiger partial charge is 0.337 e. The molecule has 0 heterocycles. The van der Waals surface area contributed by atoms with E-state index in [1.165, 1.54) is 31.4 Å². The Balaban J connectivity index is 2.92. The van der Waals surface area contributed by atoms with Crippen molar-refractivity contribution in [2.45, 2.75) is 6.10 Å². The van der Waals surface area contributed by atoms with Gasteiger partial charge in [-0.1, -0.05) is 12.1 Å². The van der Waals surface area contributed by atoms with Crippen LogP contribution < -0.4 is 0 Å². The minimum absolute atomic E-state index is 0.101. The molecule has 0 saturated carbocycles. The molecule has 1 rings (SSSR count). The second-order valence-electron chi connectivity index (χ2n) is 2.55. The predicted octanol–water partition coefficient (Wildman–Crippen LogP) is 1.16. The third kappa shape index (κ3) is 2.19. The lowest BCUT2D eigenvalue weighted by atomic mass is 10.1. The molecule has 0 bridgehead atoms. The number of phenolic OH excluding ortho intramolecular Hbond substituents is 1. The maximum atomic E-state index is 10.6. The van der Waals surface area contributed by atoms with E-state index in [-0.39, 0.29) is 5.75 Å². The first-order chi connectivity index (χ1) is 6.15. The van der Waals surface area contributed by atoms with Crippen molar-refractivity contribution < 1.29 is 19.7 Å². The van der Waals surface area contributed by atoms with Crippen molar-refractivity contribution in [1.82, 2.24) is 0 Å². The lowest BCUT2D eigenvalue weighted by Gasteiger charge is -2.09. The minimum Gasteiger partial charge on any atom is -0.508 e. The lowest BCUT2D eigenvalue weighted by Crippen LogP contribution is -2.13. The van der Waals surface area contributed by atoms with Gasteiger partial charge in [0.05, 0.1) is 0 Å². The fraction of sp³-hybridized carbons (Fsp3) is 0.222. The molecule has 0 amide bonds. The van der Waals surface area contributed by atoms with E-state index in [1.807, 2.05) is 0 Å². The Labute approximate surface area is 75.4 Å². The van der Waals surface area contributed by atoms with Gasteiger partial charge in [-0.3, -0.25) is 0 Å². The van der Waals surface area contributed by atoms with Crippen molar-refractivity contribution >= 4 is 5.97 Å². The largest absolute Gasteiger partial charge is 0.508 e. The maximum absolute atomic E-state index is 10.6. The van der Waals surface area contributed by atoms with Gasteiger partial charge in [0, 0.05) is 7.11 Å². The van der Waals surface area contributed by atoms with Gasteiger partial charge in [0.15, 0.2) is 6.10 Å². The summed E-state index contributed by atoms with van der Waals surface area (Å²) >= 11 is 0. The summed E-state index contributed by atoms with van der Waals surface area (Å²) in [6.45, 7) is 0. The van der Waals surface area contributed by atoms with Crippen LogP contribution in [-0.4, -0.2) is 23.3 Å². The van der Waals surface area contributed by atoms with Crippen LogP contribution in [0, 0.1) is 0 Å². The predicted molar refractivity (Wildman–Crippen MR) is 45.5 cm³/mol. The Morgan fingerprint density at radius 2 is 1.92 bits per heavy atom. The minimum atomic E-state index is -1.05. The SMILES string of the molecule is CO[C@H](C(=O)O)c1ccc(O)cc1. The molecule has 0 fully saturated rings. The van der Waals surface area contributed by atoms with Crippen molar-refractivity contribution in [3.63, 3.8) is 0 Å². The number of ether oxygens (including phenoxy) is 1. The Kier molecular flexibility index (Phi) is 2.87. The molecule has 0 saturated heterocycles. The molecule has 1 atom stereocenters. The van der Waals surface area contributed by atoms with Crippen LogP contribution in [0.1, 0.15) is 11.7 Å². The first-order valence-electron chi connectivity index (χ1n) is 3.69. The normalized spacial score (nSPS) is 12.4. The number of carboxylic acid groups (broad SMARTS) is 1. The number of hydrogen-bond acceptors (Lipinski definition) is 3. The van der Waals surface area contributed by atoms with Gasteiger partial charge in [0.25, 0.3) is 0 Å². The average molecular weight is 182 g/mol. The zero-order chi connectivity index (χ0) is 9.84. The second kappa shape index (κ2) is 3.91. The highest BCUT2D eigenvalue weighted by atomic mass is 16.5. The molecule has 13 heavy (non-hydrogen) atoms. The average Bonchev–Trinajstić information content (AvgIpc) is 2.09. The molecule has 4 heteroatoms. The highest BCUT2D eigenvalue weighted by Gasteiger charge is 2.18. The Morgan fingerprint density at radius 3 is 2.31 bits per heavy atom. The van der Waals surface area contributed by atoms with E-state index in [0.717, 1.165) is 0 Å². The molecule has 4 nitrogen and oxygen atoms in total. The summed E-state index contributed by atoms with van der Waals surface area (Å²) < 4.78 is 4.76. The van der Waals surface area contributed by atoms with Gasteiger partial charge in [-0.25, -0.2) is 4.79 Å². The van der Waals surface area contributed by atoms with Gasteiger partial charge in [0.1, 0.15) is 5.75 Å². The Morgan fingerprint density at radius 1 is 1.38 bits per heavy atom. The Bertz CT molecular complexity index is 291. The summed E-state index contributed by atoms with van der Waals surface area (Å²) in [4.78, 5) is 10.6. The Hall–Kier alpha value is -1.55. The molecule has 70 valence electrons. The van der Waals surface area contributed by atoms with E-state index in [9.17, 15) is 4.79 Å². The lowest BCUT2D eigenvalue weighted by molar-refractivity contribution is -0.148. The highest BCUT2D eigenvalue weighted by molar-refractivity contribution is 5.74. The fourth-order valence-electron chi connectivity index (χ4n) is 1.03. The van der Waals surface area contributed by atoms with Gasteiger partial charge in [-0.2, -0.15) is 0 Å². The number of benzene rings is 1. The van der Waals surface area contributed by atoms with E-state index in [4.69, 9.17) is 14.9 Å². The molecular formula is C9H10O4. The van der Waals surface area contributed by atoms with E-state index >= 15 is 0 Å². The number of phenols is 1. The number of hydrogen-bond donors (Lipinski definition) is 2.